The van der Waals surface area contributed by atoms with Crippen LogP contribution in [0.3, 0.4) is 0 Å². The Labute approximate surface area is 176 Å². The molecule has 2 aromatic carbocycles. The average molecular weight is 464 g/mol. The van der Waals surface area contributed by atoms with E-state index in [9.17, 15) is 9.59 Å². The van der Waals surface area contributed by atoms with Crippen LogP contribution in [-0.4, -0.2) is 30.6 Å². The van der Waals surface area contributed by atoms with Gasteiger partial charge in [-0.3, -0.25) is 25.8 Å². The lowest BCUT2D eigenvalue weighted by Gasteiger charge is -2.13. The number of hydrogen-bond donors (Lipinski definition) is 3. The van der Waals surface area contributed by atoms with Crippen LogP contribution in [0.1, 0.15) is 20.7 Å². The molecule has 0 radical (unpaired) electrons. The van der Waals surface area contributed by atoms with E-state index in [0.717, 1.165) is 0 Å². The number of nitrogens with one attached hydrogen (secondary N) is 3. The molecule has 0 unspecified atom stereocenters. The largest absolute Gasteiger partial charge is 0.496 e. The Morgan fingerprint density at radius 3 is 2.57 bits per heavy atom. The lowest BCUT2D eigenvalue weighted by Crippen LogP contribution is -2.48. The van der Waals surface area contributed by atoms with E-state index in [-0.39, 0.29) is 11.7 Å². The van der Waals surface area contributed by atoms with Gasteiger partial charge in [0.05, 0.1) is 17.1 Å². The molecule has 0 aliphatic heterocycles. The van der Waals surface area contributed by atoms with Crippen molar-refractivity contribution in [2.45, 2.75) is 0 Å². The summed E-state index contributed by atoms with van der Waals surface area (Å²) in [4.78, 5) is 24.6. The zero-order chi connectivity index (χ0) is 20.5. The predicted molar refractivity (Wildman–Crippen MR) is 113 cm³/mol. The zero-order valence-corrected chi connectivity index (χ0v) is 17.4. The van der Waals surface area contributed by atoms with Crippen LogP contribution in [-0.2, 0) is 0 Å². The summed E-state index contributed by atoms with van der Waals surface area (Å²) in [6.07, 6.45) is 1.58. The van der Waals surface area contributed by atoms with Gasteiger partial charge >= 0.3 is 0 Å². The fraction of sp³-hybridized carbons (Fsp3) is 0.105. The fourth-order valence-electron chi connectivity index (χ4n) is 2.12. The van der Waals surface area contributed by atoms with Crippen LogP contribution in [0.4, 0.5) is 0 Å². The number of thiocarbonyl (C=S) groups is 1. The first-order chi connectivity index (χ1) is 13.5. The summed E-state index contributed by atoms with van der Waals surface area (Å²) in [7, 11) is 1.53. The van der Waals surface area contributed by atoms with Gasteiger partial charge in [0.1, 0.15) is 18.1 Å². The second-order valence-electron chi connectivity index (χ2n) is 5.31. The summed E-state index contributed by atoms with van der Waals surface area (Å²) in [6.45, 7) is 3.84. The molecule has 2 rings (SSSR count). The molecule has 0 aromatic heterocycles. The minimum absolute atomic E-state index is 0.0604. The first-order valence-electron chi connectivity index (χ1n) is 8.04. The summed E-state index contributed by atoms with van der Waals surface area (Å²) < 4.78 is 11.2. The van der Waals surface area contributed by atoms with Gasteiger partial charge in [-0.05, 0) is 58.5 Å². The summed E-state index contributed by atoms with van der Waals surface area (Å²) in [5.41, 5.74) is 5.59. The van der Waals surface area contributed by atoms with Crippen LogP contribution >= 0.6 is 28.1 Å². The van der Waals surface area contributed by atoms with Gasteiger partial charge in [0.15, 0.2) is 5.11 Å². The average Bonchev–Trinajstić information content (AvgIpc) is 2.70. The maximum Gasteiger partial charge on any atom is 0.273 e. The SMILES string of the molecule is C=CCOc1ccccc1C(=O)NNC(=S)NC(=O)c1ccc(OC)c(Br)c1. The molecule has 146 valence electrons. The highest BCUT2D eigenvalue weighted by atomic mass is 79.9. The Balaban J connectivity index is 1.93. The quantitative estimate of drug-likeness (QED) is 0.346. The zero-order valence-electron chi connectivity index (χ0n) is 15.0. The monoisotopic (exact) mass is 463 g/mol. The molecule has 0 fully saturated rings. The van der Waals surface area contributed by atoms with Crippen molar-refractivity contribution in [2.24, 2.45) is 0 Å². The van der Waals surface area contributed by atoms with Crippen LogP contribution in [0, 0.1) is 0 Å². The molecular weight excluding hydrogens is 446 g/mol. The number of ether oxygens (including phenoxy) is 2. The second kappa shape index (κ2) is 10.4. The maximum atomic E-state index is 12.3. The Hall–Kier alpha value is -2.91. The molecule has 0 aliphatic carbocycles. The topological polar surface area (TPSA) is 88.7 Å². The molecule has 0 spiro atoms. The predicted octanol–water partition coefficient (Wildman–Crippen LogP) is 2.97. The smallest absolute Gasteiger partial charge is 0.273 e. The number of carbonyl (C=O) groups excluding carboxylic acids is 2. The minimum Gasteiger partial charge on any atom is -0.496 e. The molecule has 2 aromatic rings. The van der Waals surface area contributed by atoms with Gasteiger partial charge < -0.3 is 9.47 Å². The van der Waals surface area contributed by atoms with Gasteiger partial charge in [-0.15, -0.1) is 0 Å². The molecule has 9 heteroatoms. The van der Waals surface area contributed by atoms with Crippen LogP contribution in [0.5, 0.6) is 11.5 Å². The summed E-state index contributed by atoms with van der Waals surface area (Å²) in [6, 6.07) is 11.6. The Bertz CT molecular complexity index is 904. The van der Waals surface area contributed by atoms with Crippen molar-refractivity contribution in [1.29, 1.82) is 0 Å². The minimum atomic E-state index is -0.469. The van der Waals surface area contributed by atoms with E-state index in [2.05, 4.69) is 38.7 Å². The molecule has 0 saturated heterocycles. The van der Waals surface area contributed by atoms with Crippen molar-refractivity contribution >= 4 is 45.1 Å². The van der Waals surface area contributed by atoms with Crippen molar-refractivity contribution in [2.75, 3.05) is 13.7 Å². The van der Waals surface area contributed by atoms with Crippen LogP contribution in [0.15, 0.2) is 59.6 Å². The summed E-state index contributed by atoms with van der Waals surface area (Å²) in [5, 5.41) is 2.42. The van der Waals surface area contributed by atoms with E-state index in [0.29, 0.717) is 27.1 Å². The molecule has 0 aliphatic rings. The highest BCUT2D eigenvalue weighted by Crippen LogP contribution is 2.25. The highest BCUT2D eigenvalue weighted by Gasteiger charge is 2.14. The van der Waals surface area contributed by atoms with Gasteiger partial charge in [0, 0.05) is 5.56 Å². The number of amides is 2. The number of hydrazine groups is 1. The summed E-state index contributed by atoms with van der Waals surface area (Å²) in [5.74, 6) is 0.0925. The van der Waals surface area contributed by atoms with Crippen LogP contribution in [0.2, 0.25) is 0 Å². The Kier molecular flexibility index (Phi) is 7.97. The highest BCUT2D eigenvalue weighted by molar-refractivity contribution is 9.10. The first-order valence-corrected chi connectivity index (χ1v) is 9.24. The first kappa shape index (κ1) is 21.4. The van der Waals surface area contributed by atoms with Crippen molar-refractivity contribution in [3.05, 3.63) is 70.7 Å². The van der Waals surface area contributed by atoms with Gasteiger partial charge in [-0.1, -0.05) is 24.8 Å². The molecular formula is C19H18BrN3O4S. The van der Waals surface area contributed by atoms with Gasteiger partial charge in [0.25, 0.3) is 11.8 Å². The van der Waals surface area contributed by atoms with Crippen LogP contribution < -0.4 is 25.6 Å². The third-order valence-corrected chi connectivity index (χ3v) is 4.24. The standard InChI is InChI=1S/C19H18BrN3O4S/c1-3-10-27-15-7-5-4-6-13(15)18(25)22-23-19(28)21-17(24)12-8-9-16(26-2)14(20)11-12/h3-9,11H,1,10H2,2H3,(H,22,25)(H2,21,23,24,28). The van der Waals surface area contributed by atoms with Crippen LogP contribution in [0.25, 0.3) is 0 Å². The lowest BCUT2D eigenvalue weighted by atomic mass is 10.2. The number of methoxy groups -OCH3 is 1. The van der Waals surface area contributed by atoms with Gasteiger partial charge in [-0.25, -0.2) is 0 Å². The lowest BCUT2D eigenvalue weighted by molar-refractivity contribution is 0.0931. The van der Waals surface area contributed by atoms with E-state index in [1.807, 2.05) is 0 Å². The number of halogens is 1. The summed E-state index contributed by atoms with van der Waals surface area (Å²) >= 11 is 8.36. The van der Waals surface area contributed by atoms with Crippen molar-refractivity contribution in [3.63, 3.8) is 0 Å². The van der Waals surface area contributed by atoms with E-state index < -0.39 is 11.8 Å². The molecule has 7 nitrogen and oxygen atoms in total. The normalized spacial score (nSPS) is 9.79. The van der Waals surface area contributed by atoms with Crippen molar-refractivity contribution in [3.8, 4) is 11.5 Å². The maximum absolute atomic E-state index is 12.3. The second-order valence-corrected chi connectivity index (χ2v) is 6.57. The molecule has 2 amide bonds. The molecule has 28 heavy (non-hydrogen) atoms. The molecule has 0 atom stereocenters. The van der Waals surface area contributed by atoms with E-state index in [1.165, 1.54) is 7.11 Å². The van der Waals surface area contributed by atoms with Crippen molar-refractivity contribution in [1.82, 2.24) is 16.2 Å². The Morgan fingerprint density at radius 1 is 1.14 bits per heavy atom. The van der Waals surface area contributed by atoms with Crippen molar-refractivity contribution < 1.29 is 19.1 Å². The number of hydrogen-bond acceptors (Lipinski definition) is 5. The molecule has 3 N–H and O–H groups in total. The molecule has 0 bridgehead atoms. The van der Waals surface area contributed by atoms with Gasteiger partial charge in [-0.2, -0.15) is 0 Å². The number of rotatable bonds is 6. The van der Waals surface area contributed by atoms with E-state index in [4.69, 9.17) is 21.7 Å². The number of carbonyl (C=O) groups is 2. The van der Waals surface area contributed by atoms with E-state index in [1.54, 1.807) is 48.5 Å². The van der Waals surface area contributed by atoms with E-state index >= 15 is 0 Å². The van der Waals surface area contributed by atoms with Gasteiger partial charge in [0.2, 0.25) is 0 Å². The fourth-order valence-corrected chi connectivity index (χ4v) is 2.81. The molecule has 0 heterocycles. The molecule has 0 saturated carbocycles. The number of benzene rings is 2. The third kappa shape index (κ3) is 5.80. The number of para-hydroxylation sites is 1. The third-order valence-electron chi connectivity index (χ3n) is 3.42. The Morgan fingerprint density at radius 2 is 1.89 bits per heavy atom.